The number of hydrogen-bond donors (Lipinski definition) is 4. The van der Waals surface area contributed by atoms with Gasteiger partial charge in [0.25, 0.3) is 5.91 Å². The van der Waals surface area contributed by atoms with E-state index in [4.69, 9.17) is 24.5 Å². The molecule has 0 aromatic heterocycles. The number of benzene rings is 2. The van der Waals surface area contributed by atoms with Crippen LogP contribution in [0, 0.1) is 5.92 Å². The highest BCUT2D eigenvalue weighted by molar-refractivity contribution is 5.86. The van der Waals surface area contributed by atoms with E-state index in [1.165, 1.54) is 11.6 Å². The molecule has 2 aromatic carbocycles. The normalized spacial score (nSPS) is 12.6. The van der Waals surface area contributed by atoms with E-state index in [1.54, 1.807) is 62.6 Å². The molecule has 0 spiro atoms. The van der Waals surface area contributed by atoms with Crippen molar-refractivity contribution >= 4 is 17.7 Å². The van der Waals surface area contributed by atoms with E-state index in [0.29, 0.717) is 22.7 Å². The van der Waals surface area contributed by atoms with Crippen LogP contribution in [0.3, 0.4) is 0 Å². The zero-order valence-corrected chi connectivity index (χ0v) is 17.3. The SMILES string of the molecule is COc1ccc(NC(=O)O[C@H](c2ccc(OCCO)cc2)[C@@H](C)/C=C/C(=O)NO)cc1. The Morgan fingerprint density at radius 1 is 1.06 bits per heavy atom. The zero-order valence-electron chi connectivity index (χ0n) is 17.3. The monoisotopic (exact) mass is 430 g/mol. The molecule has 2 aromatic rings. The molecule has 9 nitrogen and oxygen atoms in total. The zero-order chi connectivity index (χ0) is 22.6. The highest BCUT2D eigenvalue weighted by Gasteiger charge is 2.22. The van der Waals surface area contributed by atoms with Crippen LogP contribution in [0.5, 0.6) is 11.5 Å². The fourth-order valence-electron chi connectivity index (χ4n) is 2.71. The molecule has 0 bridgehead atoms. The first-order valence-corrected chi connectivity index (χ1v) is 9.54. The number of nitrogens with one attached hydrogen (secondary N) is 2. The molecular weight excluding hydrogens is 404 g/mol. The number of aliphatic hydroxyl groups is 1. The molecule has 2 rings (SSSR count). The third-order valence-electron chi connectivity index (χ3n) is 4.28. The van der Waals surface area contributed by atoms with Gasteiger partial charge in [-0.25, -0.2) is 10.3 Å². The smallest absolute Gasteiger partial charge is 0.412 e. The van der Waals surface area contributed by atoms with E-state index >= 15 is 0 Å². The Labute approximate surface area is 180 Å². The number of carbonyl (C=O) groups is 2. The Kier molecular flexibility index (Phi) is 9.34. The van der Waals surface area contributed by atoms with Crippen molar-refractivity contribution in [1.82, 2.24) is 5.48 Å². The lowest BCUT2D eigenvalue weighted by Crippen LogP contribution is -2.22. The quantitative estimate of drug-likeness (QED) is 0.259. The number of aliphatic hydroxyl groups excluding tert-OH is 1. The second kappa shape index (κ2) is 12.2. The van der Waals surface area contributed by atoms with Gasteiger partial charge in [0.05, 0.1) is 13.7 Å². The third kappa shape index (κ3) is 7.65. The van der Waals surface area contributed by atoms with E-state index in [1.807, 2.05) is 0 Å². The van der Waals surface area contributed by atoms with Crippen molar-refractivity contribution in [1.29, 1.82) is 0 Å². The van der Waals surface area contributed by atoms with Crippen LogP contribution in [0.25, 0.3) is 0 Å². The van der Waals surface area contributed by atoms with Gasteiger partial charge in [-0.1, -0.05) is 25.1 Å². The van der Waals surface area contributed by atoms with Crippen LogP contribution in [-0.2, 0) is 9.53 Å². The molecule has 2 atom stereocenters. The Balaban J connectivity index is 2.16. The first-order chi connectivity index (χ1) is 15.0. The van der Waals surface area contributed by atoms with E-state index in [2.05, 4.69) is 5.32 Å². The summed E-state index contributed by atoms with van der Waals surface area (Å²) in [6.07, 6.45) is 1.27. The molecule has 0 aliphatic heterocycles. The summed E-state index contributed by atoms with van der Waals surface area (Å²) >= 11 is 0. The van der Waals surface area contributed by atoms with Crippen molar-refractivity contribution < 1.29 is 34.1 Å². The molecule has 0 aliphatic rings. The van der Waals surface area contributed by atoms with Crippen LogP contribution < -0.4 is 20.3 Å². The average molecular weight is 430 g/mol. The Morgan fingerprint density at radius 3 is 2.29 bits per heavy atom. The van der Waals surface area contributed by atoms with Crippen molar-refractivity contribution in [2.75, 3.05) is 25.6 Å². The maximum Gasteiger partial charge on any atom is 0.412 e. The molecule has 166 valence electrons. The molecule has 0 heterocycles. The van der Waals surface area contributed by atoms with Gasteiger partial charge < -0.3 is 19.3 Å². The first-order valence-electron chi connectivity index (χ1n) is 9.54. The number of hydrogen-bond acceptors (Lipinski definition) is 7. The Bertz CT molecular complexity index is 866. The summed E-state index contributed by atoms with van der Waals surface area (Å²) in [5.41, 5.74) is 2.71. The van der Waals surface area contributed by atoms with Gasteiger partial charge in [-0.2, -0.15) is 0 Å². The molecule has 0 aliphatic carbocycles. The fourth-order valence-corrected chi connectivity index (χ4v) is 2.71. The summed E-state index contributed by atoms with van der Waals surface area (Å²) in [7, 11) is 1.55. The highest BCUT2D eigenvalue weighted by atomic mass is 16.6. The molecule has 0 radical (unpaired) electrons. The van der Waals surface area contributed by atoms with Crippen LogP contribution in [0.4, 0.5) is 10.5 Å². The number of ether oxygens (including phenoxy) is 3. The van der Waals surface area contributed by atoms with Crippen LogP contribution in [0.15, 0.2) is 60.7 Å². The minimum Gasteiger partial charge on any atom is -0.497 e. The topological polar surface area (TPSA) is 126 Å². The molecule has 0 fully saturated rings. The number of amides is 2. The molecule has 31 heavy (non-hydrogen) atoms. The predicted molar refractivity (Wildman–Crippen MR) is 113 cm³/mol. The summed E-state index contributed by atoms with van der Waals surface area (Å²) < 4.78 is 16.1. The van der Waals surface area contributed by atoms with Gasteiger partial charge in [-0.15, -0.1) is 0 Å². The van der Waals surface area contributed by atoms with Crippen LogP contribution in [0.2, 0.25) is 0 Å². The summed E-state index contributed by atoms with van der Waals surface area (Å²) in [4.78, 5) is 23.8. The largest absolute Gasteiger partial charge is 0.497 e. The van der Waals surface area contributed by atoms with Gasteiger partial charge in [0.2, 0.25) is 0 Å². The molecule has 0 saturated heterocycles. The van der Waals surface area contributed by atoms with E-state index < -0.39 is 24.0 Å². The Hall–Kier alpha value is -3.56. The lowest BCUT2D eigenvalue weighted by atomic mass is 9.96. The third-order valence-corrected chi connectivity index (χ3v) is 4.28. The van der Waals surface area contributed by atoms with Crippen molar-refractivity contribution in [2.24, 2.45) is 5.92 Å². The van der Waals surface area contributed by atoms with Gasteiger partial charge in [0, 0.05) is 17.7 Å². The fraction of sp³-hybridized carbons (Fsp3) is 0.273. The summed E-state index contributed by atoms with van der Waals surface area (Å²) in [6, 6.07) is 13.6. The van der Waals surface area contributed by atoms with E-state index in [0.717, 1.165) is 6.08 Å². The maximum absolute atomic E-state index is 12.5. The van der Waals surface area contributed by atoms with E-state index in [-0.39, 0.29) is 13.2 Å². The van der Waals surface area contributed by atoms with Crippen molar-refractivity contribution in [2.45, 2.75) is 13.0 Å². The van der Waals surface area contributed by atoms with Gasteiger partial charge in [-0.3, -0.25) is 15.3 Å². The summed E-state index contributed by atoms with van der Waals surface area (Å²) in [5.74, 6) is 0.118. The van der Waals surface area contributed by atoms with Crippen LogP contribution >= 0.6 is 0 Å². The standard InChI is InChI=1S/C22H26N2O7/c1-15(3-12-20(26)24-28)21(16-4-8-19(9-5-16)30-14-13-25)31-22(27)23-17-6-10-18(29-2)11-7-17/h3-12,15,21,25,28H,13-14H2,1-2H3,(H,23,27)(H,24,26)/b12-3+/t15-,21-/m0/s1. The maximum atomic E-state index is 12.5. The predicted octanol–water partition coefficient (Wildman–Crippen LogP) is 3.05. The van der Waals surface area contributed by atoms with Gasteiger partial charge in [0.1, 0.15) is 24.2 Å². The molecule has 4 N–H and O–H groups in total. The number of rotatable bonds is 10. The van der Waals surface area contributed by atoms with Crippen molar-refractivity contribution in [3.63, 3.8) is 0 Å². The molecule has 2 amide bonds. The van der Waals surface area contributed by atoms with Gasteiger partial charge >= 0.3 is 6.09 Å². The number of methoxy groups -OCH3 is 1. The summed E-state index contributed by atoms with van der Waals surface area (Å²) in [6.45, 7) is 1.83. The van der Waals surface area contributed by atoms with Crippen molar-refractivity contribution in [3.8, 4) is 11.5 Å². The molecule has 9 heteroatoms. The Morgan fingerprint density at radius 2 is 1.71 bits per heavy atom. The highest BCUT2D eigenvalue weighted by Crippen LogP contribution is 2.29. The van der Waals surface area contributed by atoms with E-state index in [9.17, 15) is 9.59 Å². The average Bonchev–Trinajstić information content (AvgIpc) is 2.80. The number of carbonyl (C=O) groups excluding carboxylic acids is 2. The van der Waals surface area contributed by atoms with Crippen LogP contribution in [0.1, 0.15) is 18.6 Å². The minimum absolute atomic E-state index is 0.103. The summed E-state index contributed by atoms with van der Waals surface area (Å²) in [5, 5.41) is 20.2. The molecule has 0 unspecified atom stereocenters. The van der Waals surface area contributed by atoms with Gasteiger partial charge in [-0.05, 0) is 42.0 Å². The van der Waals surface area contributed by atoms with Crippen molar-refractivity contribution in [3.05, 3.63) is 66.2 Å². The number of anilines is 1. The van der Waals surface area contributed by atoms with Crippen LogP contribution in [-0.4, -0.2) is 42.6 Å². The second-order valence-electron chi connectivity index (χ2n) is 6.51. The molecular formula is C22H26N2O7. The molecule has 0 saturated carbocycles. The number of hydroxylamine groups is 1. The lowest BCUT2D eigenvalue weighted by Gasteiger charge is -2.23. The minimum atomic E-state index is -0.729. The lowest BCUT2D eigenvalue weighted by molar-refractivity contribution is -0.124. The van der Waals surface area contributed by atoms with Gasteiger partial charge in [0.15, 0.2) is 0 Å². The second-order valence-corrected chi connectivity index (χ2v) is 6.51. The first kappa shape index (κ1) is 23.7.